The average Bonchev–Trinajstić information content (AvgIpc) is 2.67. The monoisotopic (exact) mass is 360 g/mol. The number of nitrogens with zero attached hydrogens (tertiary/aromatic N) is 3. The van der Waals surface area contributed by atoms with E-state index in [1.165, 1.54) is 12.1 Å². The second-order valence-corrected chi connectivity index (χ2v) is 6.83. The molecule has 2 fully saturated rings. The van der Waals surface area contributed by atoms with Gasteiger partial charge in [-0.3, -0.25) is 19.7 Å². The van der Waals surface area contributed by atoms with Crippen LogP contribution in [0.3, 0.4) is 0 Å². The quantitative estimate of drug-likeness (QED) is 0.623. The third-order valence-electron chi connectivity index (χ3n) is 5.06. The van der Waals surface area contributed by atoms with Crippen LogP contribution in [0.4, 0.5) is 5.69 Å². The van der Waals surface area contributed by atoms with Gasteiger partial charge in [0.2, 0.25) is 11.8 Å². The maximum absolute atomic E-state index is 12.6. The number of nitro benzene ring substituents is 1. The fourth-order valence-corrected chi connectivity index (χ4v) is 3.68. The van der Waals surface area contributed by atoms with Gasteiger partial charge in [-0.1, -0.05) is 12.1 Å². The first-order valence-corrected chi connectivity index (χ1v) is 9.06. The Labute approximate surface area is 152 Å². The van der Waals surface area contributed by atoms with Gasteiger partial charge in [-0.2, -0.15) is 0 Å². The summed E-state index contributed by atoms with van der Waals surface area (Å²) in [7, 11) is 0. The molecule has 1 aromatic carbocycles. The molecule has 8 heteroatoms. The lowest BCUT2D eigenvalue weighted by molar-refractivity contribution is -0.384. The number of non-ortho nitro benzene ring substituents is 1. The molecule has 0 radical (unpaired) electrons. The molecule has 0 aliphatic carbocycles. The zero-order valence-corrected chi connectivity index (χ0v) is 14.7. The first-order chi connectivity index (χ1) is 12.5. The van der Waals surface area contributed by atoms with Crippen molar-refractivity contribution >= 4 is 17.5 Å². The van der Waals surface area contributed by atoms with Crippen molar-refractivity contribution in [2.24, 2.45) is 0 Å². The van der Waals surface area contributed by atoms with E-state index in [0.717, 1.165) is 24.9 Å². The summed E-state index contributed by atoms with van der Waals surface area (Å²) in [6, 6.07) is 6.51. The Balaban J connectivity index is 1.55. The van der Waals surface area contributed by atoms with Gasteiger partial charge in [0.25, 0.3) is 5.69 Å². The molecular formula is C18H24N4O4. The molecule has 2 heterocycles. The lowest BCUT2D eigenvalue weighted by atomic mass is 10.0. The number of nitrogens with one attached hydrogen (secondary N) is 1. The minimum Gasteiger partial charge on any atom is -0.341 e. The second-order valence-electron chi connectivity index (χ2n) is 6.83. The molecule has 2 aliphatic heterocycles. The van der Waals surface area contributed by atoms with E-state index in [1.807, 2.05) is 9.80 Å². The van der Waals surface area contributed by atoms with Gasteiger partial charge in [0.1, 0.15) is 0 Å². The van der Waals surface area contributed by atoms with Crippen LogP contribution in [0.2, 0.25) is 0 Å². The standard InChI is InChI=1S/C18H24N4O4/c23-17(7-6-14-3-1-4-15(11-14)22(25)26)20-9-2-5-16(13-20)21-10-8-19-12-18(21)24/h1,3-4,11,16,19H,2,5-10,12-13H2. The van der Waals surface area contributed by atoms with Crippen molar-refractivity contribution in [1.82, 2.24) is 15.1 Å². The molecule has 26 heavy (non-hydrogen) atoms. The van der Waals surface area contributed by atoms with Crippen molar-refractivity contribution in [2.75, 3.05) is 32.7 Å². The number of carbonyl (C=O) groups excluding carboxylic acids is 2. The highest BCUT2D eigenvalue weighted by molar-refractivity contribution is 5.80. The van der Waals surface area contributed by atoms with Gasteiger partial charge in [0, 0.05) is 50.8 Å². The highest BCUT2D eigenvalue weighted by Crippen LogP contribution is 2.19. The van der Waals surface area contributed by atoms with E-state index in [-0.39, 0.29) is 23.5 Å². The molecule has 2 saturated heterocycles. The molecule has 1 unspecified atom stereocenters. The molecule has 2 aliphatic rings. The molecule has 8 nitrogen and oxygen atoms in total. The number of nitro groups is 1. The summed E-state index contributed by atoms with van der Waals surface area (Å²) < 4.78 is 0. The van der Waals surface area contributed by atoms with Crippen LogP contribution in [0.15, 0.2) is 24.3 Å². The van der Waals surface area contributed by atoms with Gasteiger partial charge >= 0.3 is 0 Å². The zero-order valence-electron chi connectivity index (χ0n) is 14.7. The Morgan fingerprint density at radius 3 is 2.96 bits per heavy atom. The van der Waals surface area contributed by atoms with Gasteiger partial charge in [-0.05, 0) is 24.8 Å². The van der Waals surface area contributed by atoms with E-state index in [2.05, 4.69) is 5.32 Å². The van der Waals surface area contributed by atoms with Crippen molar-refractivity contribution in [3.8, 4) is 0 Å². The van der Waals surface area contributed by atoms with Crippen LogP contribution in [-0.4, -0.2) is 65.3 Å². The third-order valence-corrected chi connectivity index (χ3v) is 5.06. The van der Waals surface area contributed by atoms with E-state index >= 15 is 0 Å². The number of hydrogen-bond donors (Lipinski definition) is 1. The molecule has 0 saturated carbocycles. The Kier molecular flexibility index (Phi) is 5.82. The number of benzene rings is 1. The number of rotatable bonds is 5. The molecular weight excluding hydrogens is 336 g/mol. The fourth-order valence-electron chi connectivity index (χ4n) is 3.68. The van der Waals surface area contributed by atoms with Crippen LogP contribution < -0.4 is 5.32 Å². The smallest absolute Gasteiger partial charge is 0.269 e. The average molecular weight is 360 g/mol. The SMILES string of the molecule is O=C(CCc1cccc([N+](=O)[O-])c1)N1CCCC(N2CCNCC2=O)C1. The molecule has 0 spiro atoms. The van der Waals surface area contributed by atoms with Crippen LogP contribution in [0.25, 0.3) is 0 Å². The largest absolute Gasteiger partial charge is 0.341 e. The maximum atomic E-state index is 12.6. The third kappa shape index (κ3) is 4.37. The van der Waals surface area contributed by atoms with Crippen molar-refractivity contribution in [3.63, 3.8) is 0 Å². The minimum atomic E-state index is -0.426. The molecule has 0 aromatic heterocycles. The Hall–Kier alpha value is -2.48. The molecule has 140 valence electrons. The number of aryl methyl sites for hydroxylation is 1. The summed E-state index contributed by atoms with van der Waals surface area (Å²) in [6.45, 7) is 3.16. The topological polar surface area (TPSA) is 95.8 Å². The van der Waals surface area contributed by atoms with Crippen molar-refractivity contribution in [1.29, 1.82) is 0 Å². The second kappa shape index (κ2) is 8.27. The van der Waals surface area contributed by atoms with Crippen LogP contribution in [0.1, 0.15) is 24.8 Å². The summed E-state index contributed by atoms with van der Waals surface area (Å²) in [5, 5.41) is 13.9. The van der Waals surface area contributed by atoms with Crippen molar-refractivity contribution < 1.29 is 14.5 Å². The van der Waals surface area contributed by atoms with Crippen molar-refractivity contribution in [3.05, 3.63) is 39.9 Å². The molecule has 2 amide bonds. The highest BCUT2D eigenvalue weighted by atomic mass is 16.6. The van der Waals surface area contributed by atoms with E-state index < -0.39 is 4.92 Å². The fraction of sp³-hybridized carbons (Fsp3) is 0.556. The summed E-state index contributed by atoms with van der Waals surface area (Å²) in [5.41, 5.74) is 0.837. The van der Waals surface area contributed by atoms with Gasteiger partial charge in [0.15, 0.2) is 0 Å². The molecule has 1 N–H and O–H groups in total. The summed E-state index contributed by atoms with van der Waals surface area (Å²) >= 11 is 0. The minimum absolute atomic E-state index is 0.0452. The normalized spacial score (nSPS) is 20.9. The summed E-state index contributed by atoms with van der Waals surface area (Å²) in [5.74, 6) is 0.149. The molecule has 3 rings (SSSR count). The first kappa shape index (κ1) is 18.3. The van der Waals surface area contributed by atoms with E-state index in [4.69, 9.17) is 0 Å². The van der Waals surface area contributed by atoms with Crippen LogP contribution in [-0.2, 0) is 16.0 Å². The van der Waals surface area contributed by atoms with Gasteiger partial charge in [-0.25, -0.2) is 0 Å². The number of amides is 2. The van der Waals surface area contributed by atoms with Crippen LogP contribution in [0.5, 0.6) is 0 Å². The van der Waals surface area contributed by atoms with E-state index in [0.29, 0.717) is 39.0 Å². The predicted octanol–water partition coefficient (Wildman–Crippen LogP) is 0.950. The lowest BCUT2D eigenvalue weighted by Crippen LogP contribution is -2.57. The number of hydrogen-bond acceptors (Lipinski definition) is 5. The van der Waals surface area contributed by atoms with Crippen LogP contribution >= 0.6 is 0 Å². The highest BCUT2D eigenvalue weighted by Gasteiger charge is 2.31. The number of carbonyl (C=O) groups is 2. The molecule has 1 aromatic rings. The molecule has 1 atom stereocenters. The predicted molar refractivity (Wildman–Crippen MR) is 95.6 cm³/mol. The Bertz CT molecular complexity index is 694. The Morgan fingerprint density at radius 2 is 2.19 bits per heavy atom. The van der Waals surface area contributed by atoms with Crippen molar-refractivity contribution in [2.45, 2.75) is 31.7 Å². The zero-order chi connectivity index (χ0) is 18.5. The summed E-state index contributed by atoms with van der Waals surface area (Å²) in [6.07, 6.45) is 2.63. The number of piperidine rings is 1. The van der Waals surface area contributed by atoms with Crippen LogP contribution in [0, 0.1) is 10.1 Å². The van der Waals surface area contributed by atoms with E-state index in [9.17, 15) is 19.7 Å². The summed E-state index contributed by atoms with van der Waals surface area (Å²) in [4.78, 5) is 38.8. The van der Waals surface area contributed by atoms with Gasteiger partial charge in [-0.15, -0.1) is 0 Å². The first-order valence-electron chi connectivity index (χ1n) is 9.06. The maximum Gasteiger partial charge on any atom is 0.269 e. The molecule has 0 bridgehead atoms. The van der Waals surface area contributed by atoms with Gasteiger partial charge in [0.05, 0.1) is 11.5 Å². The number of likely N-dealkylation sites (tertiary alicyclic amines) is 1. The Morgan fingerprint density at radius 1 is 1.35 bits per heavy atom. The van der Waals surface area contributed by atoms with E-state index in [1.54, 1.807) is 12.1 Å². The lowest BCUT2D eigenvalue weighted by Gasteiger charge is -2.41. The number of piperazine rings is 1. The van der Waals surface area contributed by atoms with Gasteiger partial charge < -0.3 is 15.1 Å².